The number of likely N-dealkylation sites (N-methyl/N-ethyl adjacent to an activating group) is 1. The summed E-state index contributed by atoms with van der Waals surface area (Å²) < 4.78 is 5.82. The predicted molar refractivity (Wildman–Crippen MR) is 74.5 cm³/mol. The van der Waals surface area contributed by atoms with E-state index in [2.05, 4.69) is 4.98 Å². The van der Waals surface area contributed by atoms with Crippen molar-refractivity contribution in [3.63, 3.8) is 0 Å². The molecule has 1 atom stereocenters. The molecule has 19 heavy (non-hydrogen) atoms. The van der Waals surface area contributed by atoms with E-state index in [4.69, 9.17) is 4.74 Å². The van der Waals surface area contributed by atoms with Gasteiger partial charge < -0.3 is 14.7 Å². The Balaban J connectivity index is 2.10. The second kappa shape index (κ2) is 6.10. The number of carbonyl (C=O) groups is 1. The standard InChI is InChI=1S/C13H16N2O3S/c1-15(7-9(16)8-18-2)13(17)12-14-10-5-3-4-6-11(10)19-12/h3-6,9,16H,7-8H2,1-2H3. The Hall–Kier alpha value is -1.50. The smallest absolute Gasteiger partial charge is 0.282 e. The number of hydrogen-bond donors (Lipinski definition) is 1. The van der Waals surface area contributed by atoms with Gasteiger partial charge in [0.05, 0.1) is 22.9 Å². The first kappa shape index (κ1) is 13.9. The van der Waals surface area contributed by atoms with E-state index in [1.807, 2.05) is 24.3 Å². The quantitative estimate of drug-likeness (QED) is 0.898. The average Bonchev–Trinajstić information content (AvgIpc) is 2.81. The van der Waals surface area contributed by atoms with Crippen molar-refractivity contribution in [3.05, 3.63) is 29.3 Å². The van der Waals surface area contributed by atoms with E-state index in [1.165, 1.54) is 23.3 Å². The molecule has 0 bridgehead atoms. The van der Waals surface area contributed by atoms with Crippen LogP contribution in [0.4, 0.5) is 0 Å². The lowest BCUT2D eigenvalue weighted by Gasteiger charge is -2.19. The van der Waals surface area contributed by atoms with Crippen molar-refractivity contribution in [3.8, 4) is 0 Å². The van der Waals surface area contributed by atoms with Crippen molar-refractivity contribution in [1.82, 2.24) is 9.88 Å². The summed E-state index contributed by atoms with van der Waals surface area (Å²) in [6, 6.07) is 7.62. The molecule has 0 saturated heterocycles. The molecule has 2 rings (SSSR count). The van der Waals surface area contributed by atoms with Crippen LogP contribution in [0.25, 0.3) is 10.2 Å². The van der Waals surface area contributed by atoms with Crippen LogP contribution in [0.2, 0.25) is 0 Å². The molecule has 0 radical (unpaired) electrons. The predicted octanol–water partition coefficient (Wildman–Crippen LogP) is 1.38. The number of aromatic nitrogens is 1. The zero-order chi connectivity index (χ0) is 13.8. The van der Waals surface area contributed by atoms with Crippen molar-refractivity contribution < 1.29 is 14.6 Å². The Morgan fingerprint density at radius 1 is 1.53 bits per heavy atom. The van der Waals surface area contributed by atoms with Crippen molar-refractivity contribution in [2.75, 3.05) is 27.3 Å². The summed E-state index contributed by atoms with van der Waals surface area (Å²) in [6.07, 6.45) is -0.687. The Morgan fingerprint density at radius 2 is 2.26 bits per heavy atom. The Morgan fingerprint density at radius 3 is 2.95 bits per heavy atom. The van der Waals surface area contributed by atoms with Crippen LogP contribution in [-0.4, -0.2) is 54.3 Å². The monoisotopic (exact) mass is 280 g/mol. The third-order valence-corrected chi connectivity index (χ3v) is 3.69. The highest BCUT2D eigenvalue weighted by molar-refractivity contribution is 7.20. The summed E-state index contributed by atoms with van der Waals surface area (Å²) in [6.45, 7) is 0.431. The number of hydrogen-bond acceptors (Lipinski definition) is 5. The second-order valence-electron chi connectivity index (χ2n) is 4.28. The van der Waals surface area contributed by atoms with Gasteiger partial charge >= 0.3 is 0 Å². The molecular weight excluding hydrogens is 264 g/mol. The largest absolute Gasteiger partial charge is 0.389 e. The van der Waals surface area contributed by atoms with E-state index < -0.39 is 6.10 Å². The van der Waals surface area contributed by atoms with Crippen molar-refractivity contribution in [2.24, 2.45) is 0 Å². The number of rotatable bonds is 5. The number of ether oxygens (including phenoxy) is 1. The van der Waals surface area contributed by atoms with E-state index in [0.29, 0.717) is 5.01 Å². The first-order valence-corrected chi connectivity index (χ1v) is 6.71. The number of benzene rings is 1. The molecule has 0 spiro atoms. The maximum atomic E-state index is 12.2. The lowest BCUT2D eigenvalue weighted by Crippen LogP contribution is -2.36. The first-order valence-electron chi connectivity index (χ1n) is 5.90. The van der Waals surface area contributed by atoms with Crippen LogP contribution in [-0.2, 0) is 4.74 Å². The van der Waals surface area contributed by atoms with Gasteiger partial charge in [-0.15, -0.1) is 11.3 Å². The molecule has 0 saturated carbocycles. The van der Waals surface area contributed by atoms with Gasteiger partial charge in [0.2, 0.25) is 0 Å². The minimum atomic E-state index is -0.687. The Bertz CT molecular complexity index is 537. The number of fused-ring (bicyclic) bond motifs is 1. The lowest BCUT2D eigenvalue weighted by atomic mass is 10.3. The molecule has 0 aliphatic carbocycles. The summed E-state index contributed by atoms with van der Waals surface area (Å²) in [5.74, 6) is -0.184. The molecule has 0 aliphatic rings. The highest BCUT2D eigenvalue weighted by atomic mass is 32.1. The molecule has 1 aromatic heterocycles. The van der Waals surface area contributed by atoms with Crippen LogP contribution >= 0.6 is 11.3 Å². The zero-order valence-corrected chi connectivity index (χ0v) is 11.7. The molecule has 1 N–H and O–H groups in total. The minimum absolute atomic E-state index is 0.184. The van der Waals surface area contributed by atoms with Crippen LogP contribution in [0.5, 0.6) is 0 Å². The summed E-state index contributed by atoms with van der Waals surface area (Å²) in [4.78, 5) is 17.9. The van der Waals surface area contributed by atoms with Gasteiger partial charge in [0, 0.05) is 20.7 Å². The number of aliphatic hydroxyl groups is 1. The molecule has 1 amide bonds. The fraction of sp³-hybridized carbons (Fsp3) is 0.385. The Kier molecular flexibility index (Phi) is 4.47. The molecule has 1 aromatic carbocycles. The molecule has 1 unspecified atom stereocenters. The molecular formula is C13H16N2O3S. The third-order valence-electron chi connectivity index (χ3n) is 2.67. The van der Waals surface area contributed by atoms with Crippen molar-refractivity contribution >= 4 is 27.5 Å². The van der Waals surface area contributed by atoms with Gasteiger partial charge in [-0.05, 0) is 12.1 Å². The van der Waals surface area contributed by atoms with E-state index in [0.717, 1.165) is 10.2 Å². The van der Waals surface area contributed by atoms with Crippen LogP contribution in [0.15, 0.2) is 24.3 Å². The second-order valence-corrected chi connectivity index (χ2v) is 5.31. The van der Waals surface area contributed by atoms with Crippen LogP contribution in [0.1, 0.15) is 9.80 Å². The zero-order valence-electron chi connectivity index (χ0n) is 10.9. The molecule has 0 fully saturated rings. The van der Waals surface area contributed by atoms with Crippen LogP contribution in [0, 0.1) is 0 Å². The minimum Gasteiger partial charge on any atom is -0.389 e. The molecule has 0 aliphatic heterocycles. The number of carbonyl (C=O) groups excluding carboxylic acids is 1. The van der Waals surface area contributed by atoms with Gasteiger partial charge in [-0.2, -0.15) is 0 Å². The highest BCUT2D eigenvalue weighted by Crippen LogP contribution is 2.22. The van der Waals surface area contributed by atoms with Crippen molar-refractivity contribution in [2.45, 2.75) is 6.10 Å². The van der Waals surface area contributed by atoms with Gasteiger partial charge in [-0.3, -0.25) is 4.79 Å². The normalized spacial score (nSPS) is 12.6. The van der Waals surface area contributed by atoms with Crippen molar-refractivity contribution in [1.29, 1.82) is 0 Å². The number of thiazole rings is 1. The number of nitrogens with zero attached hydrogens (tertiary/aromatic N) is 2. The van der Waals surface area contributed by atoms with E-state index in [9.17, 15) is 9.90 Å². The average molecular weight is 280 g/mol. The molecule has 1 heterocycles. The highest BCUT2D eigenvalue weighted by Gasteiger charge is 2.18. The summed E-state index contributed by atoms with van der Waals surface area (Å²) in [5, 5.41) is 10.1. The SMILES string of the molecule is COCC(O)CN(C)C(=O)c1nc2ccccc2s1. The first-order chi connectivity index (χ1) is 9.11. The summed E-state index contributed by atoms with van der Waals surface area (Å²) in [7, 11) is 3.16. The molecule has 5 nitrogen and oxygen atoms in total. The molecule has 102 valence electrons. The molecule has 2 aromatic rings. The van der Waals surface area contributed by atoms with Gasteiger partial charge in [0.25, 0.3) is 5.91 Å². The van der Waals surface area contributed by atoms with Gasteiger partial charge in [-0.1, -0.05) is 12.1 Å². The summed E-state index contributed by atoms with van der Waals surface area (Å²) in [5.41, 5.74) is 0.821. The number of aliphatic hydroxyl groups excluding tert-OH is 1. The van der Waals surface area contributed by atoms with Gasteiger partial charge in [0.1, 0.15) is 0 Å². The third kappa shape index (κ3) is 3.28. The molecule has 6 heteroatoms. The fourth-order valence-corrected chi connectivity index (χ4v) is 2.73. The fourth-order valence-electron chi connectivity index (χ4n) is 1.77. The van der Waals surface area contributed by atoms with E-state index in [1.54, 1.807) is 7.05 Å². The maximum absolute atomic E-state index is 12.2. The number of methoxy groups -OCH3 is 1. The number of amides is 1. The Labute approximate surface area is 115 Å². The number of para-hydroxylation sites is 1. The van der Waals surface area contributed by atoms with E-state index in [-0.39, 0.29) is 19.1 Å². The van der Waals surface area contributed by atoms with Gasteiger partial charge in [0.15, 0.2) is 5.01 Å². The van der Waals surface area contributed by atoms with E-state index >= 15 is 0 Å². The van der Waals surface area contributed by atoms with Crippen LogP contribution in [0.3, 0.4) is 0 Å². The van der Waals surface area contributed by atoms with Gasteiger partial charge in [-0.25, -0.2) is 4.98 Å². The maximum Gasteiger partial charge on any atom is 0.282 e. The lowest BCUT2D eigenvalue weighted by molar-refractivity contribution is 0.0380. The summed E-state index contributed by atoms with van der Waals surface area (Å²) >= 11 is 1.36. The topological polar surface area (TPSA) is 62.7 Å². The van der Waals surface area contributed by atoms with Crippen LogP contribution < -0.4 is 0 Å².